The van der Waals surface area contributed by atoms with E-state index in [4.69, 9.17) is 11.6 Å². The highest BCUT2D eigenvalue weighted by Gasteiger charge is 2.16. The lowest BCUT2D eigenvalue weighted by molar-refractivity contribution is 0.254. The second kappa shape index (κ2) is 9.88. The molecule has 0 aliphatic heterocycles. The molecule has 0 saturated heterocycles. The van der Waals surface area contributed by atoms with Gasteiger partial charge in [-0.3, -0.25) is 5.43 Å². The number of halogens is 1. The molecule has 0 radical (unpaired) electrons. The number of nitrogens with one attached hydrogen (secondary N) is 4. The van der Waals surface area contributed by atoms with Gasteiger partial charge in [0, 0.05) is 17.1 Å². The summed E-state index contributed by atoms with van der Waals surface area (Å²) in [6.45, 7) is 1.88. The van der Waals surface area contributed by atoms with E-state index in [1.54, 1.807) is 36.4 Å². The number of amides is 2. The fourth-order valence-corrected chi connectivity index (χ4v) is 3.83. The maximum absolute atomic E-state index is 12.2. The molecule has 0 bridgehead atoms. The normalized spacial score (nSPS) is 11.8. The number of hydrazine groups is 1. The number of carbonyl (C=O) groups excluding carboxylic acids is 1. The first kappa shape index (κ1) is 22.7. The van der Waals surface area contributed by atoms with Crippen LogP contribution >= 0.6 is 23.1 Å². The molecule has 0 spiro atoms. The summed E-state index contributed by atoms with van der Waals surface area (Å²) in [5.41, 5.74) is 7.45. The van der Waals surface area contributed by atoms with E-state index in [1.165, 1.54) is 7.05 Å². The standard InChI is InChI=1S/C19H19ClN6O3S2/c1-12-8-9-15(20)16(10-12)22-18(27)24-25-19-23-17(26-30-19)14(11-31(28,29)21-2)13-6-4-3-5-7-13/h3-11,21H,1-2H3,(H2,22,24,27)(H,23,25,26)/b14-11-. The lowest BCUT2D eigenvalue weighted by atomic mass is 10.1. The molecule has 162 valence electrons. The molecule has 0 aliphatic carbocycles. The molecular formula is C19H19ClN6O3S2. The molecule has 12 heteroatoms. The molecule has 0 atom stereocenters. The van der Waals surface area contributed by atoms with Crippen molar-refractivity contribution in [3.8, 4) is 0 Å². The Balaban J connectivity index is 1.74. The zero-order valence-corrected chi connectivity index (χ0v) is 18.9. The van der Waals surface area contributed by atoms with Crippen molar-refractivity contribution < 1.29 is 13.2 Å². The summed E-state index contributed by atoms with van der Waals surface area (Å²) in [5, 5.41) is 4.36. The molecule has 3 rings (SSSR count). The van der Waals surface area contributed by atoms with Crippen molar-refractivity contribution in [1.29, 1.82) is 0 Å². The molecule has 9 nitrogen and oxygen atoms in total. The Morgan fingerprint density at radius 1 is 1.16 bits per heavy atom. The molecule has 0 saturated carbocycles. The highest BCUT2D eigenvalue weighted by atomic mass is 35.5. The first-order chi connectivity index (χ1) is 14.8. The van der Waals surface area contributed by atoms with Gasteiger partial charge in [0.15, 0.2) is 5.82 Å². The van der Waals surface area contributed by atoms with Crippen LogP contribution in [0.3, 0.4) is 0 Å². The van der Waals surface area contributed by atoms with Crippen molar-refractivity contribution in [2.24, 2.45) is 0 Å². The SMILES string of the molecule is CNS(=O)(=O)/C=C(/c1ccccc1)c1nsc(NNC(=O)Nc2cc(C)ccc2Cl)n1. The van der Waals surface area contributed by atoms with Crippen molar-refractivity contribution in [3.63, 3.8) is 0 Å². The second-order valence-corrected chi connectivity index (χ2v) is 9.15. The fraction of sp³-hybridized carbons (Fsp3) is 0.105. The molecule has 1 aromatic heterocycles. The van der Waals surface area contributed by atoms with Gasteiger partial charge in [-0.2, -0.15) is 9.36 Å². The van der Waals surface area contributed by atoms with Gasteiger partial charge in [0.05, 0.1) is 16.1 Å². The number of benzene rings is 2. The monoisotopic (exact) mass is 478 g/mol. The zero-order chi connectivity index (χ0) is 22.4. The average Bonchev–Trinajstić information content (AvgIpc) is 3.23. The van der Waals surface area contributed by atoms with E-state index in [9.17, 15) is 13.2 Å². The van der Waals surface area contributed by atoms with Gasteiger partial charge in [0.25, 0.3) is 0 Å². The van der Waals surface area contributed by atoms with Crippen LogP contribution in [0.15, 0.2) is 53.9 Å². The van der Waals surface area contributed by atoms with E-state index in [1.807, 2.05) is 19.1 Å². The van der Waals surface area contributed by atoms with Crippen LogP contribution < -0.4 is 20.9 Å². The molecule has 1 heterocycles. The van der Waals surface area contributed by atoms with Crippen LogP contribution in [0.1, 0.15) is 17.0 Å². The molecule has 0 unspecified atom stereocenters. The Kier molecular flexibility index (Phi) is 7.23. The topological polar surface area (TPSA) is 125 Å². The van der Waals surface area contributed by atoms with E-state index < -0.39 is 16.1 Å². The molecule has 3 aromatic rings. The van der Waals surface area contributed by atoms with Crippen LogP contribution in [0.2, 0.25) is 5.02 Å². The second-order valence-electron chi connectivity index (χ2n) is 6.26. The van der Waals surface area contributed by atoms with Gasteiger partial charge in [-0.05, 0) is 37.2 Å². The van der Waals surface area contributed by atoms with Crippen LogP contribution in [0.4, 0.5) is 15.6 Å². The molecule has 0 aliphatic rings. The number of rotatable bonds is 7. The Labute approximate surface area is 188 Å². The van der Waals surface area contributed by atoms with Gasteiger partial charge in [-0.15, -0.1) is 0 Å². The molecule has 4 N–H and O–H groups in total. The maximum Gasteiger partial charge on any atom is 0.337 e. The molecule has 31 heavy (non-hydrogen) atoms. The number of anilines is 2. The van der Waals surface area contributed by atoms with E-state index in [0.29, 0.717) is 21.8 Å². The van der Waals surface area contributed by atoms with Crippen molar-refractivity contribution in [3.05, 3.63) is 75.9 Å². The van der Waals surface area contributed by atoms with E-state index in [2.05, 4.69) is 30.2 Å². The van der Waals surface area contributed by atoms with Crippen LogP contribution in [-0.2, 0) is 10.0 Å². The first-order valence-corrected chi connectivity index (χ1v) is 11.6. The first-order valence-electron chi connectivity index (χ1n) is 8.91. The number of hydrogen-bond acceptors (Lipinski definition) is 7. The lowest BCUT2D eigenvalue weighted by Gasteiger charge is -2.09. The number of carbonyl (C=O) groups is 1. The Morgan fingerprint density at radius 2 is 1.90 bits per heavy atom. The summed E-state index contributed by atoms with van der Waals surface area (Å²) >= 11 is 7.04. The van der Waals surface area contributed by atoms with Gasteiger partial charge in [-0.25, -0.2) is 23.4 Å². The van der Waals surface area contributed by atoms with Crippen LogP contribution in [0.5, 0.6) is 0 Å². The van der Waals surface area contributed by atoms with Crippen LogP contribution in [0.25, 0.3) is 5.57 Å². The Hall–Kier alpha value is -2.99. The zero-order valence-electron chi connectivity index (χ0n) is 16.5. The highest BCUT2D eigenvalue weighted by Crippen LogP contribution is 2.25. The molecule has 0 fully saturated rings. The Bertz CT molecular complexity index is 1210. The minimum Gasteiger partial charge on any atom is -0.305 e. The fourth-order valence-electron chi connectivity index (χ4n) is 2.46. The highest BCUT2D eigenvalue weighted by molar-refractivity contribution is 7.92. The average molecular weight is 479 g/mol. The summed E-state index contributed by atoms with van der Waals surface area (Å²) in [6, 6.07) is 13.6. The molecular weight excluding hydrogens is 460 g/mol. The minimum atomic E-state index is -3.67. The minimum absolute atomic E-state index is 0.196. The number of aryl methyl sites for hydroxylation is 1. The third kappa shape index (κ3) is 6.25. The summed E-state index contributed by atoms with van der Waals surface area (Å²) in [6.07, 6.45) is 0. The Morgan fingerprint density at radius 3 is 2.61 bits per heavy atom. The summed E-state index contributed by atoms with van der Waals surface area (Å²) in [5.74, 6) is 0.196. The number of aromatic nitrogens is 2. The molecule has 2 amide bonds. The maximum atomic E-state index is 12.2. The van der Waals surface area contributed by atoms with Gasteiger partial charge in [-0.1, -0.05) is 48.0 Å². The summed E-state index contributed by atoms with van der Waals surface area (Å²) < 4.78 is 30.6. The number of sulfonamides is 1. The predicted molar refractivity (Wildman–Crippen MR) is 123 cm³/mol. The van der Waals surface area contributed by atoms with Gasteiger partial charge in [0.1, 0.15) is 0 Å². The van der Waals surface area contributed by atoms with Crippen molar-refractivity contribution in [1.82, 2.24) is 19.5 Å². The van der Waals surface area contributed by atoms with Crippen LogP contribution in [-0.4, -0.2) is 30.9 Å². The number of hydrogen-bond donors (Lipinski definition) is 4. The van der Waals surface area contributed by atoms with E-state index >= 15 is 0 Å². The van der Waals surface area contributed by atoms with Crippen molar-refractivity contribution in [2.75, 3.05) is 17.8 Å². The lowest BCUT2D eigenvalue weighted by Crippen LogP contribution is -2.33. The predicted octanol–water partition coefficient (Wildman–Crippen LogP) is 3.59. The van der Waals surface area contributed by atoms with Gasteiger partial charge < -0.3 is 5.32 Å². The van der Waals surface area contributed by atoms with E-state index in [-0.39, 0.29) is 11.0 Å². The van der Waals surface area contributed by atoms with Crippen molar-refractivity contribution >= 4 is 55.6 Å². The van der Waals surface area contributed by atoms with E-state index in [0.717, 1.165) is 22.5 Å². The smallest absolute Gasteiger partial charge is 0.305 e. The number of urea groups is 1. The third-order valence-corrected chi connectivity index (χ3v) is 6.04. The van der Waals surface area contributed by atoms with Gasteiger partial charge in [0.2, 0.25) is 15.2 Å². The van der Waals surface area contributed by atoms with Crippen LogP contribution in [0, 0.1) is 6.92 Å². The summed E-state index contributed by atoms with van der Waals surface area (Å²) in [4.78, 5) is 16.4. The van der Waals surface area contributed by atoms with Crippen molar-refractivity contribution in [2.45, 2.75) is 6.92 Å². The summed E-state index contributed by atoms with van der Waals surface area (Å²) in [7, 11) is -2.36. The van der Waals surface area contributed by atoms with Gasteiger partial charge >= 0.3 is 6.03 Å². The largest absolute Gasteiger partial charge is 0.337 e. The molecule has 2 aromatic carbocycles. The third-order valence-electron chi connectivity index (χ3n) is 3.96. The quantitative estimate of drug-likeness (QED) is 0.384. The number of nitrogens with zero attached hydrogens (tertiary/aromatic N) is 2.